The standard InChI is InChI=1S/C12H18N2O3/c1-4-16-11-6-10(11)13-12(15)5-9-7(2)14-17-8(9)3/h10-11H,4-6H2,1-3H3,(H,13,15). The summed E-state index contributed by atoms with van der Waals surface area (Å²) in [5.41, 5.74) is 1.67. The lowest BCUT2D eigenvalue weighted by molar-refractivity contribution is -0.120. The molecule has 1 N–H and O–H groups in total. The van der Waals surface area contributed by atoms with Crippen LogP contribution in [0.2, 0.25) is 0 Å². The van der Waals surface area contributed by atoms with E-state index < -0.39 is 0 Å². The Balaban J connectivity index is 1.83. The lowest BCUT2D eigenvalue weighted by Crippen LogP contribution is -2.29. The topological polar surface area (TPSA) is 64.4 Å². The Morgan fingerprint density at radius 3 is 2.94 bits per heavy atom. The second-order valence-electron chi connectivity index (χ2n) is 4.38. The zero-order chi connectivity index (χ0) is 12.4. The lowest BCUT2D eigenvalue weighted by atomic mass is 10.1. The quantitative estimate of drug-likeness (QED) is 0.835. The molecular weight excluding hydrogens is 220 g/mol. The van der Waals surface area contributed by atoms with Crippen molar-refractivity contribution in [2.24, 2.45) is 0 Å². The predicted molar refractivity (Wildman–Crippen MR) is 61.6 cm³/mol. The molecule has 2 rings (SSSR count). The average molecular weight is 238 g/mol. The van der Waals surface area contributed by atoms with Crippen molar-refractivity contribution in [3.05, 3.63) is 17.0 Å². The van der Waals surface area contributed by atoms with Crippen LogP contribution in [0.3, 0.4) is 0 Å². The number of hydrogen-bond donors (Lipinski definition) is 1. The number of aryl methyl sites for hydroxylation is 2. The SMILES string of the molecule is CCOC1CC1NC(=O)Cc1c(C)noc1C. The third kappa shape index (κ3) is 2.85. The lowest BCUT2D eigenvalue weighted by Gasteiger charge is -2.04. The summed E-state index contributed by atoms with van der Waals surface area (Å²) in [5.74, 6) is 0.724. The Kier molecular flexibility index (Phi) is 3.47. The largest absolute Gasteiger partial charge is 0.376 e. The molecule has 0 radical (unpaired) electrons. The molecule has 1 aliphatic carbocycles. The van der Waals surface area contributed by atoms with Crippen LogP contribution in [-0.2, 0) is 16.0 Å². The maximum atomic E-state index is 11.8. The maximum Gasteiger partial charge on any atom is 0.224 e. The van der Waals surface area contributed by atoms with Gasteiger partial charge in [0.1, 0.15) is 5.76 Å². The van der Waals surface area contributed by atoms with Gasteiger partial charge >= 0.3 is 0 Å². The molecule has 1 fully saturated rings. The average Bonchev–Trinajstić information content (AvgIpc) is 2.93. The van der Waals surface area contributed by atoms with Crippen LogP contribution < -0.4 is 5.32 Å². The molecule has 1 heterocycles. The van der Waals surface area contributed by atoms with E-state index in [1.807, 2.05) is 20.8 Å². The van der Waals surface area contributed by atoms with Gasteiger partial charge in [-0.3, -0.25) is 4.79 Å². The van der Waals surface area contributed by atoms with E-state index in [0.29, 0.717) is 13.0 Å². The van der Waals surface area contributed by atoms with Gasteiger partial charge in [-0.1, -0.05) is 5.16 Å². The summed E-state index contributed by atoms with van der Waals surface area (Å²) in [6.07, 6.45) is 1.45. The second-order valence-corrected chi connectivity index (χ2v) is 4.38. The van der Waals surface area contributed by atoms with Gasteiger partial charge in [0, 0.05) is 12.2 Å². The van der Waals surface area contributed by atoms with Gasteiger partial charge in [0.25, 0.3) is 0 Å². The molecule has 1 aromatic rings. The van der Waals surface area contributed by atoms with Gasteiger partial charge in [0.15, 0.2) is 0 Å². The minimum atomic E-state index is 0.00611. The fourth-order valence-corrected chi connectivity index (χ4v) is 1.89. The molecule has 17 heavy (non-hydrogen) atoms. The molecule has 2 atom stereocenters. The van der Waals surface area contributed by atoms with Crippen molar-refractivity contribution >= 4 is 5.91 Å². The number of rotatable bonds is 5. The molecule has 5 heteroatoms. The van der Waals surface area contributed by atoms with Crippen molar-refractivity contribution in [3.8, 4) is 0 Å². The predicted octanol–water partition coefficient (Wildman–Crippen LogP) is 1.13. The molecule has 0 bridgehead atoms. The van der Waals surface area contributed by atoms with Crippen LogP contribution in [0, 0.1) is 13.8 Å². The third-order valence-corrected chi connectivity index (χ3v) is 2.98. The summed E-state index contributed by atoms with van der Waals surface area (Å²) >= 11 is 0. The first-order valence-corrected chi connectivity index (χ1v) is 5.94. The molecule has 1 aliphatic rings. The van der Waals surface area contributed by atoms with Crippen molar-refractivity contribution in [2.75, 3.05) is 6.61 Å². The van der Waals surface area contributed by atoms with E-state index in [1.165, 1.54) is 0 Å². The van der Waals surface area contributed by atoms with E-state index in [-0.39, 0.29) is 18.1 Å². The minimum Gasteiger partial charge on any atom is -0.376 e. The summed E-state index contributed by atoms with van der Waals surface area (Å²) < 4.78 is 10.4. The minimum absolute atomic E-state index is 0.00611. The van der Waals surface area contributed by atoms with Gasteiger partial charge in [0.05, 0.1) is 24.3 Å². The maximum absolute atomic E-state index is 11.8. The van der Waals surface area contributed by atoms with Gasteiger partial charge in [-0.2, -0.15) is 0 Å². The third-order valence-electron chi connectivity index (χ3n) is 2.98. The van der Waals surface area contributed by atoms with E-state index in [1.54, 1.807) is 0 Å². The molecule has 0 spiro atoms. The van der Waals surface area contributed by atoms with Crippen molar-refractivity contribution < 1.29 is 14.1 Å². The summed E-state index contributed by atoms with van der Waals surface area (Å²) in [6.45, 7) is 6.32. The summed E-state index contributed by atoms with van der Waals surface area (Å²) in [7, 11) is 0. The fraction of sp³-hybridized carbons (Fsp3) is 0.667. The van der Waals surface area contributed by atoms with Crippen LogP contribution in [0.4, 0.5) is 0 Å². The fourth-order valence-electron chi connectivity index (χ4n) is 1.89. The number of carbonyl (C=O) groups is 1. The molecule has 94 valence electrons. The molecule has 2 unspecified atom stereocenters. The van der Waals surface area contributed by atoms with E-state index >= 15 is 0 Å². The number of carbonyl (C=O) groups excluding carboxylic acids is 1. The van der Waals surface area contributed by atoms with Crippen molar-refractivity contribution in [2.45, 2.75) is 45.8 Å². The van der Waals surface area contributed by atoms with Crippen molar-refractivity contribution in [3.63, 3.8) is 0 Å². The van der Waals surface area contributed by atoms with Crippen molar-refractivity contribution in [1.29, 1.82) is 0 Å². The van der Waals surface area contributed by atoms with Crippen LogP contribution in [0.1, 0.15) is 30.4 Å². The van der Waals surface area contributed by atoms with Crippen LogP contribution in [0.25, 0.3) is 0 Å². The highest BCUT2D eigenvalue weighted by Crippen LogP contribution is 2.25. The molecule has 0 saturated heterocycles. The van der Waals surface area contributed by atoms with Crippen LogP contribution in [-0.4, -0.2) is 29.8 Å². The van der Waals surface area contributed by atoms with Gasteiger partial charge in [0.2, 0.25) is 5.91 Å². The summed E-state index contributed by atoms with van der Waals surface area (Å²) in [5, 5.41) is 6.78. The number of hydrogen-bond acceptors (Lipinski definition) is 4. The highest BCUT2D eigenvalue weighted by Gasteiger charge is 2.39. The highest BCUT2D eigenvalue weighted by molar-refractivity contribution is 5.79. The summed E-state index contributed by atoms with van der Waals surface area (Å²) in [4.78, 5) is 11.8. The number of ether oxygens (including phenoxy) is 1. The number of aromatic nitrogens is 1. The van der Waals surface area contributed by atoms with Gasteiger partial charge in [-0.05, 0) is 27.2 Å². The van der Waals surface area contributed by atoms with E-state index in [4.69, 9.17) is 9.26 Å². The smallest absolute Gasteiger partial charge is 0.224 e. The molecule has 0 aromatic carbocycles. The van der Waals surface area contributed by atoms with Crippen LogP contribution >= 0.6 is 0 Å². The van der Waals surface area contributed by atoms with Crippen molar-refractivity contribution in [1.82, 2.24) is 10.5 Å². The molecule has 1 amide bonds. The Morgan fingerprint density at radius 1 is 1.59 bits per heavy atom. The molecule has 1 aromatic heterocycles. The first-order chi connectivity index (χ1) is 8.11. The Morgan fingerprint density at radius 2 is 2.35 bits per heavy atom. The Bertz CT molecular complexity index is 394. The Hall–Kier alpha value is -1.36. The number of amides is 1. The van der Waals surface area contributed by atoms with Gasteiger partial charge in [-0.25, -0.2) is 0 Å². The van der Waals surface area contributed by atoms with Crippen LogP contribution in [0.5, 0.6) is 0 Å². The first kappa shape index (κ1) is 12.1. The Labute approximate surface area is 101 Å². The number of nitrogens with zero attached hydrogens (tertiary/aromatic N) is 1. The first-order valence-electron chi connectivity index (χ1n) is 5.94. The van der Waals surface area contributed by atoms with Crippen LogP contribution in [0.15, 0.2) is 4.52 Å². The number of nitrogens with one attached hydrogen (secondary N) is 1. The summed E-state index contributed by atoms with van der Waals surface area (Å²) in [6, 6.07) is 0.183. The highest BCUT2D eigenvalue weighted by atomic mass is 16.5. The normalized spacial score (nSPS) is 22.5. The van der Waals surface area contributed by atoms with Gasteiger partial charge < -0.3 is 14.6 Å². The zero-order valence-corrected chi connectivity index (χ0v) is 10.4. The molecular formula is C12H18N2O3. The zero-order valence-electron chi connectivity index (χ0n) is 10.4. The molecule has 5 nitrogen and oxygen atoms in total. The van der Waals surface area contributed by atoms with E-state index in [2.05, 4.69) is 10.5 Å². The van der Waals surface area contributed by atoms with Gasteiger partial charge in [-0.15, -0.1) is 0 Å². The van der Waals surface area contributed by atoms with E-state index in [9.17, 15) is 4.79 Å². The monoisotopic (exact) mass is 238 g/mol. The molecule has 1 saturated carbocycles. The molecule has 0 aliphatic heterocycles. The van der Waals surface area contributed by atoms with E-state index in [0.717, 1.165) is 23.4 Å². The second kappa shape index (κ2) is 4.87.